The zero-order valence-corrected chi connectivity index (χ0v) is 11.0. The molecule has 1 saturated carbocycles. The predicted molar refractivity (Wildman–Crippen MR) is 71.6 cm³/mol. The number of nitrogens with two attached hydrogens (primary N) is 1. The predicted octanol–water partition coefficient (Wildman–Crippen LogP) is 3.61. The molecule has 94 valence electrons. The quantitative estimate of drug-likeness (QED) is 0.864. The highest BCUT2D eigenvalue weighted by molar-refractivity contribution is 5.21. The molecule has 2 rings (SSSR count). The minimum absolute atomic E-state index is 0.133. The molecule has 1 unspecified atom stereocenters. The molecule has 0 saturated heterocycles. The molecule has 1 aromatic rings. The Morgan fingerprint density at radius 2 is 2.06 bits per heavy atom. The summed E-state index contributed by atoms with van der Waals surface area (Å²) < 4.78 is 0. The summed E-state index contributed by atoms with van der Waals surface area (Å²) in [5.41, 5.74) is 8.73. The highest BCUT2D eigenvalue weighted by Crippen LogP contribution is 2.36. The Hall–Kier alpha value is -0.890. The van der Waals surface area contributed by atoms with Crippen molar-refractivity contribution >= 4 is 0 Å². The van der Waals surface area contributed by atoms with Gasteiger partial charge in [0.05, 0.1) is 11.7 Å². The second-order valence-corrected chi connectivity index (χ2v) is 5.42. The molecule has 2 N–H and O–H groups in total. The van der Waals surface area contributed by atoms with E-state index in [2.05, 4.69) is 24.9 Å². The summed E-state index contributed by atoms with van der Waals surface area (Å²) in [6, 6.07) is 4.23. The molecule has 1 aromatic heterocycles. The summed E-state index contributed by atoms with van der Waals surface area (Å²) in [7, 11) is 0. The van der Waals surface area contributed by atoms with Crippen LogP contribution in [0.1, 0.15) is 56.3 Å². The second-order valence-electron chi connectivity index (χ2n) is 5.42. The first-order valence-corrected chi connectivity index (χ1v) is 6.89. The third kappa shape index (κ3) is 2.86. The van der Waals surface area contributed by atoms with Crippen LogP contribution in [0.3, 0.4) is 0 Å². The van der Waals surface area contributed by atoms with Gasteiger partial charge in [0.15, 0.2) is 0 Å². The Kier molecular flexibility index (Phi) is 4.16. The number of rotatable bonds is 3. The van der Waals surface area contributed by atoms with E-state index in [9.17, 15) is 0 Å². The molecule has 1 aliphatic carbocycles. The van der Waals surface area contributed by atoms with E-state index in [-0.39, 0.29) is 6.04 Å². The number of aryl methyl sites for hydroxylation is 1. The van der Waals surface area contributed by atoms with Crippen LogP contribution in [-0.2, 0) is 0 Å². The van der Waals surface area contributed by atoms with E-state index in [1.54, 1.807) is 0 Å². The van der Waals surface area contributed by atoms with Crippen LogP contribution in [0.4, 0.5) is 0 Å². The zero-order valence-electron chi connectivity index (χ0n) is 11.0. The van der Waals surface area contributed by atoms with E-state index in [4.69, 9.17) is 5.73 Å². The van der Waals surface area contributed by atoms with Gasteiger partial charge in [0.1, 0.15) is 0 Å². The van der Waals surface area contributed by atoms with Crippen molar-refractivity contribution in [3.05, 3.63) is 29.6 Å². The Morgan fingerprint density at radius 3 is 2.65 bits per heavy atom. The largest absolute Gasteiger partial charge is 0.322 e. The lowest BCUT2D eigenvalue weighted by Crippen LogP contribution is -2.27. The summed E-state index contributed by atoms with van der Waals surface area (Å²) in [6.45, 7) is 4.41. The van der Waals surface area contributed by atoms with Crippen molar-refractivity contribution in [3.63, 3.8) is 0 Å². The molecule has 0 radical (unpaired) electrons. The van der Waals surface area contributed by atoms with Crippen molar-refractivity contribution in [1.82, 2.24) is 4.98 Å². The van der Waals surface area contributed by atoms with Crippen LogP contribution in [-0.4, -0.2) is 4.98 Å². The third-order valence-corrected chi connectivity index (χ3v) is 4.34. The number of pyridine rings is 1. The molecular formula is C15H24N2. The minimum atomic E-state index is 0.133. The van der Waals surface area contributed by atoms with Crippen molar-refractivity contribution in [3.8, 4) is 0 Å². The van der Waals surface area contributed by atoms with Crippen molar-refractivity contribution in [2.75, 3.05) is 0 Å². The van der Waals surface area contributed by atoms with Crippen molar-refractivity contribution < 1.29 is 0 Å². The monoisotopic (exact) mass is 232 g/mol. The SMILES string of the molecule is CCC1CCC(C(N)c2ncccc2C)CC1. The molecule has 0 spiro atoms. The maximum atomic E-state index is 6.39. The minimum Gasteiger partial charge on any atom is -0.322 e. The normalized spacial score (nSPS) is 26.8. The van der Waals surface area contributed by atoms with Crippen LogP contribution in [0.2, 0.25) is 0 Å². The molecule has 0 bridgehead atoms. The lowest BCUT2D eigenvalue weighted by molar-refractivity contribution is 0.237. The summed E-state index contributed by atoms with van der Waals surface area (Å²) in [6.07, 6.45) is 8.43. The van der Waals surface area contributed by atoms with E-state index < -0.39 is 0 Å². The van der Waals surface area contributed by atoms with Gasteiger partial charge in [-0.2, -0.15) is 0 Å². The average molecular weight is 232 g/mol. The molecular weight excluding hydrogens is 208 g/mol. The average Bonchev–Trinajstić information content (AvgIpc) is 2.39. The standard InChI is InChI=1S/C15H24N2/c1-3-12-6-8-13(9-7-12)14(16)15-11(2)5-4-10-17-15/h4-5,10,12-14H,3,6-9,16H2,1-2H3. The Morgan fingerprint density at radius 1 is 1.35 bits per heavy atom. The van der Waals surface area contributed by atoms with E-state index >= 15 is 0 Å². The zero-order chi connectivity index (χ0) is 12.3. The van der Waals surface area contributed by atoms with Gasteiger partial charge in [0.25, 0.3) is 0 Å². The molecule has 17 heavy (non-hydrogen) atoms. The smallest absolute Gasteiger partial charge is 0.0602 e. The molecule has 1 heterocycles. The fourth-order valence-electron chi connectivity index (χ4n) is 3.03. The van der Waals surface area contributed by atoms with E-state index in [1.165, 1.54) is 37.7 Å². The molecule has 1 fully saturated rings. The van der Waals surface area contributed by atoms with Gasteiger partial charge in [0, 0.05) is 6.20 Å². The van der Waals surface area contributed by atoms with E-state index in [1.807, 2.05) is 12.3 Å². The van der Waals surface area contributed by atoms with Gasteiger partial charge in [-0.25, -0.2) is 0 Å². The van der Waals surface area contributed by atoms with Crippen molar-refractivity contribution in [1.29, 1.82) is 0 Å². The fraction of sp³-hybridized carbons (Fsp3) is 0.667. The third-order valence-electron chi connectivity index (χ3n) is 4.34. The first-order valence-electron chi connectivity index (χ1n) is 6.89. The number of hydrogen-bond acceptors (Lipinski definition) is 2. The van der Waals surface area contributed by atoms with Crippen LogP contribution >= 0.6 is 0 Å². The highest BCUT2D eigenvalue weighted by Gasteiger charge is 2.26. The summed E-state index contributed by atoms with van der Waals surface area (Å²) in [5.74, 6) is 1.56. The number of hydrogen-bond donors (Lipinski definition) is 1. The molecule has 0 amide bonds. The summed E-state index contributed by atoms with van der Waals surface area (Å²) in [4.78, 5) is 4.47. The Balaban J connectivity index is 2.02. The topological polar surface area (TPSA) is 38.9 Å². The van der Waals surface area contributed by atoms with Crippen LogP contribution in [0, 0.1) is 18.8 Å². The van der Waals surface area contributed by atoms with Gasteiger partial charge in [-0.05, 0) is 43.2 Å². The van der Waals surface area contributed by atoms with Gasteiger partial charge in [-0.3, -0.25) is 4.98 Å². The first-order chi connectivity index (χ1) is 8.22. The van der Waals surface area contributed by atoms with Gasteiger partial charge < -0.3 is 5.73 Å². The van der Waals surface area contributed by atoms with Crippen molar-refractivity contribution in [2.24, 2.45) is 17.6 Å². The van der Waals surface area contributed by atoms with Gasteiger partial charge >= 0.3 is 0 Å². The lowest BCUT2D eigenvalue weighted by atomic mass is 9.76. The van der Waals surface area contributed by atoms with E-state index in [0.29, 0.717) is 5.92 Å². The maximum absolute atomic E-state index is 6.39. The molecule has 1 aliphatic rings. The summed E-state index contributed by atoms with van der Waals surface area (Å²) in [5, 5.41) is 0. The maximum Gasteiger partial charge on any atom is 0.0602 e. The van der Waals surface area contributed by atoms with Crippen LogP contribution < -0.4 is 5.73 Å². The molecule has 0 aliphatic heterocycles. The van der Waals surface area contributed by atoms with Crippen molar-refractivity contribution in [2.45, 2.75) is 52.0 Å². The molecule has 0 aromatic carbocycles. The fourth-order valence-corrected chi connectivity index (χ4v) is 3.03. The number of nitrogens with zero attached hydrogens (tertiary/aromatic N) is 1. The van der Waals surface area contributed by atoms with E-state index in [0.717, 1.165) is 11.6 Å². The van der Waals surface area contributed by atoms with Gasteiger partial charge in [0.2, 0.25) is 0 Å². The molecule has 2 heteroatoms. The highest BCUT2D eigenvalue weighted by atomic mass is 14.8. The van der Waals surface area contributed by atoms with Crippen LogP contribution in [0.25, 0.3) is 0 Å². The second kappa shape index (κ2) is 5.63. The van der Waals surface area contributed by atoms with Crippen LogP contribution in [0.5, 0.6) is 0 Å². The molecule has 1 atom stereocenters. The molecule has 2 nitrogen and oxygen atoms in total. The van der Waals surface area contributed by atoms with Gasteiger partial charge in [-0.1, -0.05) is 32.3 Å². The van der Waals surface area contributed by atoms with Gasteiger partial charge in [-0.15, -0.1) is 0 Å². The number of aromatic nitrogens is 1. The first kappa shape index (κ1) is 12.6. The lowest BCUT2D eigenvalue weighted by Gasteiger charge is -2.31. The Bertz CT molecular complexity index is 354. The summed E-state index contributed by atoms with van der Waals surface area (Å²) >= 11 is 0. The van der Waals surface area contributed by atoms with Crippen LogP contribution in [0.15, 0.2) is 18.3 Å². The Labute approximate surface area is 105 Å².